The van der Waals surface area contributed by atoms with Crippen LogP contribution in [0.15, 0.2) is 96.7 Å². The van der Waals surface area contributed by atoms with E-state index in [1.807, 2.05) is 26.8 Å². The number of ether oxygens (including phenoxy) is 4. The van der Waals surface area contributed by atoms with Crippen LogP contribution in [0.5, 0.6) is 0 Å². The minimum Gasteiger partial charge on any atom is -0.617 e. The number of rotatable bonds is 20. The fraction of sp³-hybridized carbons (Fsp3) is 0.442. The van der Waals surface area contributed by atoms with Crippen molar-refractivity contribution in [3.05, 3.63) is 113 Å². The van der Waals surface area contributed by atoms with Gasteiger partial charge in [-0.3, -0.25) is 19.1 Å². The second kappa shape index (κ2) is 21.9. The van der Waals surface area contributed by atoms with Crippen LogP contribution in [0.25, 0.3) is 32.3 Å². The Morgan fingerprint density at radius 3 is 2.25 bits per heavy atom. The van der Waals surface area contributed by atoms with Gasteiger partial charge in [0.1, 0.15) is 18.4 Å². The van der Waals surface area contributed by atoms with E-state index in [1.54, 1.807) is 49.8 Å². The lowest BCUT2D eigenvalue weighted by molar-refractivity contribution is -0.803. The zero-order chi connectivity index (χ0) is 49.6. The summed E-state index contributed by atoms with van der Waals surface area (Å²) < 4.78 is 39.0. The van der Waals surface area contributed by atoms with Gasteiger partial charge in [-0.25, -0.2) is 19.6 Å². The van der Waals surface area contributed by atoms with Gasteiger partial charge in [-0.2, -0.15) is 0 Å². The number of hydrogen-bond donors (Lipinski definition) is 2. The molecule has 2 aliphatic heterocycles. The molecule has 0 spiro atoms. The highest BCUT2D eigenvalue weighted by Gasteiger charge is 2.54. The summed E-state index contributed by atoms with van der Waals surface area (Å²) in [7, 11) is -1.45. The number of benzene rings is 5. The number of urea groups is 1. The number of nitrogens with one attached hydrogen (secondary N) is 2. The van der Waals surface area contributed by atoms with Gasteiger partial charge in [0.2, 0.25) is 18.0 Å². The first-order valence-electron chi connectivity index (χ1n) is 23.7. The van der Waals surface area contributed by atoms with Crippen LogP contribution in [0.1, 0.15) is 90.9 Å². The molecule has 1 saturated heterocycles. The Bertz CT molecular complexity index is 2710. The number of quaternary nitrogens is 1. The molecule has 16 nitrogen and oxygen atoms in total. The van der Waals surface area contributed by atoms with E-state index >= 15 is 0 Å². The molecule has 7 atom stereocenters. The lowest BCUT2D eigenvalue weighted by atomic mass is 9.90. The molecular formula is C52H64N5O11P. The van der Waals surface area contributed by atoms with Crippen LogP contribution in [0, 0.1) is 5.21 Å². The minimum atomic E-state index is -3.10. The third kappa shape index (κ3) is 11.8. The Balaban J connectivity index is 1.07. The van der Waals surface area contributed by atoms with Crippen molar-refractivity contribution in [1.29, 1.82) is 0 Å². The lowest BCUT2D eigenvalue weighted by Crippen LogP contribution is -2.60. The number of nitrogens with zero attached hydrogens (tertiary/aromatic N) is 3. The zero-order valence-corrected chi connectivity index (χ0v) is 41.5. The van der Waals surface area contributed by atoms with Gasteiger partial charge in [0.15, 0.2) is 13.8 Å². The number of carbonyl (C=O) groups excluding carboxylic acids is 5. The minimum absolute atomic E-state index is 0.00548. The summed E-state index contributed by atoms with van der Waals surface area (Å²) in [6, 6.07) is 26.9. The number of likely N-dealkylation sites (N-methyl/N-ethyl adjacent to an activating group) is 1. The monoisotopic (exact) mass is 965 g/mol. The highest BCUT2D eigenvalue weighted by atomic mass is 31.1. The maximum atomic E-state index is 14.6. The second-order valence-electron chi connectivity index (χ2n) is 18.9. The molecule has 0 saturated carbocycles. The summed E-state index contributed by atoms with van der Waals surface area (Å²) in [6.45, 7) is 11.2. The number of imide groups is 1. The number of hydrogen-bond acceptors (Lipinski definition) is 11. The standard InChI is InChI=1S/C52H64N5O11P/c1-8-56(9-2)69(64)49(47-40(65-29-15-21-42(58)54-52(4,5)6)30-44(67-47)57(63)32-33(3)48(60)53-50(57)61)68-51(62)66-41(35-16-11-10-12-17-35)31-55(7)43(59)22-14-18-34-23-24-38-26-25-36-19-13-20-37-27-28-39(34)46(38)45(36)37/h10-13,16-17,19-20,23-28,32,40-41,44,47,49,69H,8-9,14-15,18,21-22,29-31H2,1-7H3,(H,54,58)(H,53,60,61)/t40-,41?,44+,47-,49?,57?/m0/s1. The topological polar surface area (TPSA) is 193 Å². The molecule has 5 aromatic rings. The molecule has 0 radical (unpaired) electrons. The third-order valence-electron chi connectivity index (χ3n) is 12.8. The third-order valence-corrected chi connectivity index (χ3v) is 15.0. The van der Waals surface area contributed by atoms with Gasteiger partial charge in [-0.15, -0.1) is 0 Å². The van der Waals surface area contributed by atoms with E-state index in [0.717, 1.165) is 11.8 Å². The van der Waals surface area contributed by atoms with Crippen molar-refractivity contribution in [3.63, 3.8) is 0 Å². The van der Waals surface area contributed by atoms with E-state index in [0.29, 0.717) is 31.5 Å². The van der Waals surface area contributed by atoms with Crippen molar-refractivity contribution in [1.82, 2.24) is 20.2 Å². The maximum absolute atomic E-state index is 14.6. The van der Waals surface area contributed by atoms with Gasteiger partial charge < -0.3 is 38.9 Å². The Labute approximate surface area is 403 Å². The van der Waals surface area contributed by atoms with Crippen LogP contribution >= 0.6 is 7.95 Å². The maximum Gasteiger partial charge on any atom is 0.509 e. The Morgan fingerprint density at radius 2 is 1.57 bits per heavy atom. The van der Waals surface area contributed by atoms with Crippen molar-refractivity contribution in [2.24, 2.45) is 0 Å². The Kier molecular flexibility index (Phi) is 16.2. The molecule has 4 unspecified atom stereocenters. The Morgan fingerprint density at radius 1 is 0.899 bits per heavy atom. The molecular weight excluding hydrogens is 902 g/mol. The fourth-order valence-electron chi connectivity index (χ4n) is 9.27. The van der Waals surface area contributed by atoms with Crippen LogP contribution < -0.4 is 10.6 Å². The van der Waals surface area contributed by atoms with Gasteiger partial charge in [0.05, 0.1) is 24.6 Å². The number of amides is 5. The average molecular weight is 966 g/mol. The predicted octanol–water partition coefficient (Wildman–Crippen LogP) is 9.07. The summed E-state index contributed by atoms with van der Waals surface area (Å²) in [5.41, 5.74) is 1.28. The average Bonchev–Trinajstić information content (AvgIpc) is 3.75. The molecule has 2 N–H and O–H groups in total. The molecule has 0 aromatic heterocycles. The summed E-state index contributed by atoms with van der Waals surface area (Å²) in [4.78, 5) is 67.5. The molecule has 2 aliphatic rings. The van der Waals surface area contributed by atoms with Gasteiger partial charge in [-0.05, 0) is 90.4 Å². The quantitative estimate of drug-likeness (QED) is 0.0188. The lowest BCUT2D eigenvalue weighted by Gasteiger charge is -2.41. The summed E-state index contributed by atoms with van der Waals surface area (Å²) >= 11 is 0. The van der Waals surface area contributed by atoms with Crippen LogP contribution in [0.3, 0.4) is 0 Å². The largest absolute Gasteiger partial charge is 0.617 e. The highest BCUT2D eigenvalue weighted by Crippen LogP contribution is 2.44. The smallest absolute Gasteiger partial charge is 0.509 e. The summed E-state index contributed by atoms with van der Waals surface area (Å²) in [5, 5.41) is 26.4. The van der Waals surface area contributed by atoms with E-state index < -0.39 is 66.6 Å². The molecule has 7 rings (SSSR count). The second-order valence-corrected chi connectivity index (χ2v) is 20.8. The van der Waals surface area contributed by atoms with Crippen molar-refractivity contribution >= 4 is 70.2 Å². The molecule has 17 heteroatoms. The van der Waals surface area contributed by atoms with E-state index in [4.69, 9.17) is 18.9 Å². The van der Waals surface area contributed by atoms with E-state index in [2.05, 4.69) is 65.2 Å². The zero-order valence-electron chi connectivity index (χ0n) is 40.5. The molecule has 368 valence electrons. The molecule has 2 heterocycles. The molecule has 0 bridgehead atoms. The normalized spacial score (nSPS) is 21.0. The fourth-order valence-corrected chi connectivity index (χ4v) is 11.0. The summed E-state index contributed by atoms with van der Waals surface area (Å²) in [5.74, 6) is -2.63. The van der Waals surface area contributed by atoms with Crippen LogP contribution in [-0.4, -0.2) is 107 Å². The van der Waals surface area contributed by atoms with Crippen molar-refractivity contribution in [2.75, 3.05) is 33.3 Å². The first kappa shape index (κ1) is 51.1. The van der Waals surface area contributed by atoms with Crippen molar-refractivity contribution in [3.8, 4) is 0 Å². The van der Waals surface area contributed by atoms with E-state index in [1.165, 1.54) is 44.1 Å². The molecule has 0 aliphatic carbocycles. The van der Waals surface area contributed by atoms with Gasteiger partial charge >= 0.3 is 12.2 Å². The number of hydroxylamine groups is 3. The molecule has 69 heavy (non-hydrogen) atoms. The molecule has 1 fully saturated rings. The van der Waals surface area contributed by atoms with E-state index in [-0.39, 0.29) is 56.2 Å². The van der Waals surface area contributed by atoms with Crippen LogP contribution in [0.2, 0.25) is 0 Å². The van der Waals surface area contributed by atoms with Gasteiger partial charge in [0, 0.05) is 45.1 Å². The van der Waals surface area contributed by atoms with Crippen LogP contribution in [0.4, 0.5) is 9.59 Å². The number of carbonyl (C=O) groups is 5. The SMILES string of the molecule is CCN(CC)[PH](=O)C(OC(=O)OC(CN(C)C(=O)CCCc1ccc2ccc3cccc4ccc1c2c34)c1ccccc1)[C@H]1O[C@@H]([N+]2([O-])C=C(C)C(=O)NC2=O)C[C@@H]1OCCCC(=O)NC(C)(C)C. The van der Waals surface area contributed by atoms with Gasteiger partial charge in [0.25, 0.3) is 5.91 Å². The predicted molar refractivity (Wildman–Crippen MR) is 264 cm³/mol. The van der Waals surface area contributed by atoms with Gasteiger partial charge in [-0.1, -0.05) is 98.8 Å². The van der Waals surface area contributed by atoms with E-state index in [9.17, 15) is 33.7 Å². The Hall–Kier alpha value is -5.74. The van der Waals surface area contributed by atoms with Crippen molar-refractivity contribution < 1.29 is 52.1 Å². The first-order valence-corrected chi connectivity index (χ1v) is 25.2. The number of aryl methyl sites for hydroxylation is 1. The molecule has 5 amide bonds. The molecule has 5 aromatic carbocycles. The first-order chi connectivity index (χ1) is 32.9. The highest BCUT2D eigenvalue weighted by molar-refractivity contribution is 7.42. The van der Waals surface area contributed by atoms with Crippen molar-refractivity contribution in [2.45, 2.75) is 116 Å². The van der Waals surface area contributed by atoms with Crippen LogP contribution in [-0.2, 0) is 44.3 Å². The summed E-state index contributed by atoms with van der Waals surface area (Å²) in [6.07, 6.45) is -3.49.